The molecule has 2 aromatic rings. The van der Waals surface area contributed by atoms with E-state index in [9.17, 15) is 20.0 Å². The van der Waals surface area contributed by atoms with Crippen LogP contribution in [0.2, 0.25) is 0 Å². The van der Waals surface area contributed by atoms with Gasteiger partial charge in [-0.05, 0) is 24.3 Å². The number of aliphatic hydroxyl groups excluding tert-OH is 1. The Bertz CT molecular complexity index is 982. The Morgan fingerprint density at radius 1 is 1.12 bits per heavy atom. The number of methoxy groups -OCH3 is 1. The van der Waals surface area contributed by atoms with Crippen LogP contribution in [0.25, 0.3) is 0 Å². The summed E-state index contributed by atoms with van der Waals surface area (Å²) in [5, 5.41) is 24.6. The van der Waals surface area contributed by atoms with Crippen LogP contribution < -0.4 is 14.8 Å². The van der Waals surface area contributed by atoms with Gasteiger partial charge in [-0.15, -0.1) is 0 Å². The number of carbonyl (C=O) groups excluding carboxylic acids is 1. The monoisotopic (exact) mass is 460 g/mol. The lowest BCUT2D eigenvalue weighted by Gasteiger charge is -2.47. The predicted octanol–water partition coefficient (Wildman–Crippen LogP) is 1.69. The number of amides is 1. The summed E-state index contributed by atoms with van der Waals surface area (Å²) in [5.74, 6) is 0.572. The molecule has 0 unspecified atom stereocenters. The summed E-state index contributed by atoms with van der Waals surface area (Å²) in [5.41, 5.74) is 0.644. The first-order valence-electron chi connectivity index (χ1n) is 10.3. The number of benzene rings is 2. The molecule has 0 spiro atoms. The molecule has 0 saturated carbocycles. The second-order valence-electron chi connectivity index (χ2n) is 7.67. The highest BCUT2D eigenvalue weighted by molar-refractivity contribution is 5.73. The number of ether oxygens (including phenoxy) is 5. The van der Waals surface area contributed by atoms with Crippen molar-refractivity contribution in [2.24, 2.45) is 0 Å². The zero-order valence-electron chi connectivity index (χ0n) is 18.0. The lowest BCUT2D eigenvalue weighted by molar-refractivity contribution is -0.384. The van der Waals surface area contributed by atoms with E-state index in [2.05, 4.69) is 5.32 Å². The number of nitrogens with one attached hydrogen (secondary N) is 1. The third-order valence-corrected chi connectivity index (χ3v) is 5.42. The van der Waals surface area contributed by atoms with E-state index in [1.807, 2.05) is 0 Å². The van der Waals surface area contributed by atoms with Gasteiger partial charge < -0.3 is 34.1 Å². The van der Waals surface area contributed by atoms with E-state index in [4.69, 9.17) is 23.7 Å². The number of fused-ring (bicyclic) bond motifs is 1. The van der Waals surface area contributed by atoms with Gasteiger partial charge in [0.15, 0.2) is 6.29 Å². The van der Waals surface area contributed by atoms with Crippen molar-refractivity contribution in [1.29, 1.82) is 0 Å². The largest absolute Gasteiger partial charge is 0.497 e. The topological polar surface area (TPSA) is 139 Å². The molecule has 0 aliphatic carbocycles. The number of nitrogens with zero attached hydrogens (tertiary/aromatic N) is 1. The van der Waals surface area contributed by atoms with E-state index in [-0.39, 0.29) is 18.0 Å². The van der Waals surface area contributed by atoms with Crippen LogP contribution in [-0.4, -0.2) is 60.3 Å². The zero-order valence-corrected chi connectivity index (χ0v) is 18.0. The molecule has 2 aliphatic heterocycles. The SMILES string of the molecule is COc1ccc([C@H]2OC[C@H]3O[C@H](Oc4ccc([N+](=O)[O-])cc4)[C@H](NC(C)=O)[C@@H](O)[C@H]3O2)cc1. The van der Waals surface area contributed by atoms with Crippen molar-refractivity contribution in [3.05, 3.63) is 64.2 Å². The van der Waals surface area contributed by atoms with Crippen molar-refractivity contribution in [1.82, 2.24) is 5.32 Å². The van der Waals surface area contributed by atoms with Crippen molar-refractivity contribution in [3.8, 4) is 11.5 Å². The number of carbonyl (C=O) groups is 1. The minimum Gasteiger partial charge on any atom is -0.497 e. The molecule has 2 N–H and O–H groups in total. The van der Waals surface area contributed by atoms with Crippen molar-refractivity contribution in [2.45, 2.75) is 43.9 Å². The zero-order chi connectivity index (χ0) is 23.5. The van der Waals surface area contributed by atoms with Gasteiger partial charge in [0.1, 0.15) is 35.9 Å². The number of hydrogen-bond acceptors (Lipinski definition) is 9. The van der Waals surface area contributed by atoms with Gasteiger partial charge in [-0.1, -0.05) is 12.1 Å². The maximum absolute atomic E-state index is 11.8. The maximum Gasteiger partial charge on any atom is 0.269 e. The normalized spacial score (nSPS) is 28.9. The minimum absolute atomic E-state index is 0.0934. The van der Waals surface area contributed by atoms with E-state index in [0.29, 0.717) is 5.75 Å². The Labute approximate surface area is 189 Å². The minimum atomic E-state index is -1.17. The van der Waals surface area contributed by atoms with Crippen LogP contribution >= 0.6 is 0 Å². The number of hydrogen-bond donors (Lipinski definition) is 2. The van der Waals surface area contributed by atoms with Crippen LogP contribution in [-0.2, 0) is 19.0 Å². The quantitative estimate of drug-likeness (QED) is 0.487. The van der Waals surface area contributed by atoms with Crippen LogP contribution in [0.4, 0.5) is 5.69 Å². The Morgan fingerprint density at radius 3 is 2.39 bits per heavy atom. The van der Waals surface area contributed by atoms with Crippen LogP contribution in [0, 0.1) is 10.1 Å². The van der Waals surface area contributed by atoms with E-state index in [1.165, 1.54) is 31.2 Å². The number of nitro groups is 1. The van der Waals surface area contributed by atoms with E-state index >= 15 is 0 Å². The molecule has 2 saturated heterocycles. The smallest absolute Gasteiger partial charge is 0.269 e. The second-order valence-corrected chi connectivity index (χ2v) is 7.67. The molecule has 0 radical (unpaired) electrons. The molecule has 11 nitrogen and oxygen atoms in total. The van der Waals surface area contributed by atoms with Gasteiger partial charge in [0.2, 0.25) is 12.2 Å². The highest BCUT2D eigenvalue weighted by atomic mass is 16.7. The van der Waals surface area contributed by atoms with Gasteiger partial charge >= 0.3 is 0 Å². The van der Waals surface area contributed by atoms with Gasteiger partial charge in [0.05, 0.1) is 18.6 Å². The number of non-ortho nitro benzene ring substituents is 1. The fourth-order valence-electron chi connectivity index (χ4n) is 3.79. The van der Waals surface area contributed by atoms with Crippen LogP contribution in [0.3, 0.4) is 0 Å². The molecule has 2 aromatic carbocycles. The fourth-order valence-corrected chi connectivity index (χ4v) is 3.79. The van der Waals surface area contributed by atoms with Crippen molar-refractivity contribution in [2.75, 3.05) is 13.7 Å². The molecular weight excluding hydrogens is 436 g/mol. The molecule has 0 bridgehead atoms. The molecule has 33 heavy (non-hydrogen) atoms. The third kappa shape index (κ3) is 5.06. The molecule has 6 atom stereocenters. The summed E-state index contributed by atoms with van der Waals surface area (Å²) in [6.07, 6.45) is -4.43. The number of aliphatic hydroxyl groups is 1. The average molecular weight is 460 g/mol. The molecule has 0 aromatic heterocycles. The Morgan fingerprint density at radius 2 is 1.79 bits per heavy atom. The molecule has 11 heteroatoms. The second kappa shape index (κ2) is 9.71. The van der Waals surface area contributed by atoms with Crippen LogP contribution in [0.15, 0.2) is 48.5 Å². The van der Waals surface area contributed by atoms with Crippen molar-refractivity contribution in [3.63, 3.8) is 0 Å². The van der Waals surface area contributed by atoms with Crippen LogP contribution in [0.1, 0.15) is 18.8 Å². The Hall–Kier alpha value is -3.25. The lowest BCUT2D eigenvalue weighted by atomic mass is 9.95. The summed E-state index contributed by atoms with van der Waals surface area (Å²) in [6, 6.07) is 11.6. The molecular formula is C22H24N2O9. The first-order valence-corrected chi connectivity index (χ1v) is 10.3. The Kier molecular flexibility index (Phi) is 6.75. The standard InChI is InChI=1S/C22H24N2O9/c1-12(25)23-18-19(26)20-17(11-30-21(33-20)13-3-7-15(29-2)8-4-13)32-22(18)31-16-9-5-14(6-10-16)24(27)28/h3-10,17-22,26H,11H2,1-2H3,(H,23,25)/t17-,18-,19-,20+,21+,22+/m1/s1. The van der Waals surface area contributed by atoms with Gasteiger partial charge in [-0.3, -0.25) is 14.9 Å². The Balaban J connectivity index is 1.50. The van der Waals surface area contributed by atoms with Gasteiger partial charge in [0.25, 0.3) is 5.69 Å². The molecule has 1 amide bonds. The third-order valence-electron chi connectivity index (χ3n) is 5.42. The number of rotatable bonds is 6. The van der Waals surface area contributed by atoms with Crippen LogP contribution in [0.5, 0.6) is 11.5 Å². The fraction of sp³-hybridized carbons (Fsp3) is 0.409. The number of nitro benzene ring substituents is 1. The molecule has 176 valence electrons. The summed E-state index contributed by atoms with van der Waals surface area (Å²) in [6.45, 7) is 1.43. The molecule has 4 rings (SSSR count). The van der Waals surface area contributed by atoms with Gasteiger partial charge in [0, 0.05) is 24.6 Å². The van der Waals surface area contributed by atoms with Gasteiger partial charge in [-0.25, -0.2) is 0 Å². The molecule has 2 fully saturated rings. The molecule has 2 heterocycles. The summed E-state index contributed by atoms with van der Waals surface area (Å²) in [4.78, 5) is 22.1. The first kappa shape index (κ1) is 22.9. The van der Waals surface area contributed by atoms with E-state index in [0.717, 1.165) is 5.56 Å². The predicted molar refractivity (Wildman–Crippen MR) is 113 cm³/mol. The summed E-state index contributed by atoms with van der Waals surface area (Å²) >= 11 is 0. The molecule has 2 aliphatic rings. The maximum atomic E-state index is 11.8. The van der Waals surface area contributed by atoms with Crippen molar-refractivity contribution >= 4 is 11.6 Å². The average Bonchev–Trinajstić information content (AvgIpc) is 2.81. The highest BCUT2D eigenvalue weighted by Crippen LogP contribution is 2.35. The first-order chi connectivity index (χ1) is 15.9. The van der Waals surface area contributed by atoms with E-state index in [1.54, 1.807) is 31.4 Å². The summed E-state index contributed by atoms with van der Waals surface area (Å²) < 4.78 is 28.7. The van der Waals surface area contributed by atoms with E-state index < -0.39 is 47.8 Å². The highest BCUT2D eigenvalue weighted by Gasteiger charge is 2.50. The van der Waals surface area contributed by atoms with Crippen molar-refractivity contribution < 1.29 is 38.5 Å². The summed E-state index contributed by atoms with van der Waals surface area (Å²) in [7, 11) is 1.57. The lowest BCUT2D eigenvalue weighted by Crippen LogP contribution is -2.67. The van der Waals surface area contributed by atoms with Gasteiger partial charge in [-0.2, -0.15) is 0 Å².